The van der Waals surface area contributed by atoms with Gasteiger partial charge in [0.05, 0.1) is 23.9 Å². The Hall–Kier alpha value is -0.410. The topological polar surface area (TPSA) is 69.5 Å². The molecule has 0 unspecified atom stereocenters. The number of aliphatic hydroxyl groups excluding tert-OH is 1. The maximum atomic E-state index is 9.34. The summed E-state index contributed by atoms with van der Waals surface area (Å²) in [5.74, 6) is 0.817. The van der Waals surface area contributed by atoms with E-state index in [0.29, 0.717) is 6.54 Å². The number of rotatable bonds is 6. The van der Waals surface area contributed by atoms with Crippen LogP contribution in [0, 0.1) is 19.3 Å². The second-order valence-electron chi connectivity index (χ2n) is 5.45. The Balaban J connectivity index is 0.00000220. The van der Waals surface area contributed by atoms with Crippen molar-refractivity contribution >= 4 is 41.3 Å². The summed E-state index contributed by atoms with van der Waals surface area (Å²) in [6, 6.07) is 0. The minimum absolute atomic E-state index is 0. The number of nitrogens with one attached hydrogen (secondary N) is 2. The van der Waals surface area contributed by atoms with Gasteiger partial charge in [-0.05, 0) is 33.6 Å². The third-order valence-electron chi connectivity index (χ3n) is 3.65. The predicted octanol–water partition coefficient (Wildman–Crippen LogP) is 2.21. The third-order valence-corrected chi connectivity index (χ3v) is 4.71. The minimum atomic E-state index is 0. The van der Waals surface area contributed by atoms with Crippen LogP contribution in [0.3, 0.4) is 0 Å². The van der Waals surface area contributed by atoms with Crippen LogP contribution < -0.4 is 10.6 Å². The molecule has 5 nitrogen and oxygen atoms in total. The maximum absolute atomic E-state index is 9.34. The number of aliphatic imine (C=N–C) groups is 1. The fourth-order valence-electron chi connectivity index (χ4n) is 2.05. The lowest BCUT2D eigenvalue weighted by Crippen LogP contribution is -2.41. The van der Waals surface area contributed by atoms with Gasteiger partial charge in [0.15, 0.2) is 5.96 Å². The molecule has 0 aromatic carbocycles. The lowest BCUT2D eigenvalue weighted by molar-refractivity contribution is 0.212. The third kappa shape index (κ3) is 5.37. The molecule has 0 radical (unpaired) electrons. The van der Waals surface area contributed by atoms with Crippen LogP contribution in [0.15, 0.2) is 4.99 Å². The molecule has 1 aliphatic carbocycles. The Morgan fingerprint density at radius 1 is 1.38 bits per heavy atom. The molecule has 2 rings (SSSR count). The van der Waals surface area contributed by atoms with E-state index in [1.54, 1.807) is 11.3 Å². The van der Waals surface area contributed by atoms with Crippen molar-refractivity contribution in [3.63, 3.8) is 0 Å². The van der Waals surface area contributed by atoms with E-state index in [4.69, 9.17) is 0 Å². The van der Waals surface area contributed by atoms with Gasteiger partial charge >= 0.3 is 0 Å². The van der Waals surface area contributed by atoms with E-state index in [0.717, 1.165) is 42.6 Å². The molecule has 1 aliphatic rings. The molecule has 1 aromatic rings. The maximum Gasteiger partial charge on any atom is 0.191 e. The molecule has 0 atom stereocenters. The zero-order valence-electron chi connectivity index (χ0n) is 12.9. The molecule has 1 saturated carbocycles. The molecule has 1 heterocycles. The number of hydrogen-bond donors (Lipinski definition) is 3. The van der Waals surface area contributed by atoms with Crippen LogP contribution in [0.2, 0.25) is 0 Å². The first-order valence-electron chi connectivity index (χ1n) is 7.14. The first-order valence-corrected chi connectivity index (χ1v) is 7.96. The number of halogens is 1. The fraction of sp³-hybridized carbons (Fsp3) is 0.714. The number of hydrogen-bond acceptors (Lipinski definition) is 4. The molecular formula is C14H25IN4OS. The molecule has 1 fully saturated rings. The highest BCUT2D eigenvalue weighted by molar-refractivity contribution is 14.0. The number of aromatic nitrogens is 1. The van der Waals surface area contributed by atoms with Gasteiger partial charge in [0.1, 0.15) is 0 Å². The van der Waals surface area contributed by atoms with Gasteiger partial charge in [0.25, 0.3) is 0 Å². The molecule has 0 spiro atoms. The number of aliphatic hydroxyl groups is 1. The van der Waals surface area contributed by atoms with Crippen LogP contribution in [0.5, 0.6) is 0 Å². The van der Waals surface area contributed by atoms with Gasteiger partial charge in [0.2, 0.25) is 0 Å². The standard InChI is InChI=1S/C14H24N4OS.HI/c1-4-15-13(17-8-14(9-19)5-6-14)16-7-12-10(2)18-11(3)20-12;/h19H,4-9H2,1-3H3,(H2,15,16,17);1H. The number of guanidine groups is 1. The number of nitrogens with zero attached hydrogens (tertiary/aromatic N) is 2. The van der Waals surface area contributed by atoms with E-state index in [9.17, 15) is 5.11 Å². The Labute approximate surface area is 147 Å². The summed E-state index contributed by atoms with van der Waals surface area (Å²) in [5.41, 5.74) is 1.16. The Kier molecular flexibility index (Phi) is 7.35. The number of thiazole rings is 1. The normalized spacial score (nSPS) is 16.3. The minimum Gasteiger partial charge on any atom is -0.396 e. The van der Waals surface area contributed by atoms with Crippen LogP contribution >= 0.6 is 35.3 Å². The summed E-state index contributed by atoms with van der Waals surface area (Å²) in [6.07, 6.45) is 2.20. The molecular weight excluding hydrogens is 399 g/mol. The lowest BCUT2D eigenvalue weighted by Gasteiger charge is -2.16. The van der Waals surface area contributed by atoms with Crippen LogP contribution in [0.4, 0.5) is 0 Å². The zero-order chi connectivity index (χ0) is 14.6. The van der Waals surface area contributed by atoms with Crippen molar-refractivity contribution in [2.45, 2.75) is 40.2 Å². The van der Waals surface area contributed by atoms with Crippen LogP contribution in [-0.2, 0) is 6.54 Å². The Bertz CT molecular complexity index is 485. The molecule has 0 bridgehead atoms. The van der Waals surface area contributed by atoms with Crippen LogP contribution in [0.25, 0.3) is 0 Å². The molecule has 1 aromatic heterocycles. The quantitative estimate of drug-likeness (QED) is 0.372. The zero-order valence-corrected chi connectivity index (χ0v) is 16.0. The summed E-state index contributed by atoms with van der Waals surface area (Å²) in [5, 5.41) is 17.0. The van der Waals surface area contributed by atoms with Crippen LogP contribution in [-0.4, -0.2) is 35.7 Å². The van der Waals surface area contributed by atoms with Crippen molar-refractivity contribution in [2.75, 3.05) is 19.7 Å². The van der Waals surface area contributed by atoms with E-state index < -0.39 is 0 Å². The first-order chi connectivity index (χ1) is 9.58. The second-order valence-corrected chi connectivity index (χ2v) is 6.74. The highest BCUT2D eigenvalue weighted by Gasteiger charge is 2.41. The molecule has 120 valence electrons. The van der Waals surface area contributed by atoms with Crippen molar-refractivity contribution in [2.24, 2.45) is 10.4 Å². The van der Waals surface area contributed by atoms with Gasteiger partial charge in [0, 0.05) is 23.4 Å². The van der Waals surface area contributed by atoms with E-state index in [-0.39, 0.29) is 36.0 Å². The molecule has 21 heavy (non-hydrogen) atoms. The van der Waals surface area contributed by atoms with Crippen LogP contribution in [0.1, 0.15) is 35.3 Å². The number of aryl methyl sites for hydroxylation is 2. The van der Waals surface area contributed by atoms with Gasteiger partial charge in [-0.3, -0.25) is 0 Å². The van der Waals surface area contributed by atoms with Gasteiger partial charge in [-0.2, -0.15) is 0 Å². The van der Waals surface area contributed by atoms with E-state index in [1.165, 1.54) is 4.88 Å². The molecule has 7 heteroatoms. The van der Waals surface area contributed by atoms with Gasteiger partial charge in [-0.25, -0.2) is 9.98 Å². The Morgan fingerprint density at radius 3 is 2.57 bits per heavy atom. The molecule has 0 amide bonds. The van der Waals surface area contributed by atoms with Crippen molar-refractivity contribution < 1.29 is 5.11 Å². The van der Waals surface area contributed by atoms with Crippen molar-refractivity contribution in [3.8, 4) is 0 Å². The highest BCUT2D eigenvalue weighted by atomic mass is 127. The summed E-state index contributed by atoms with van der Waals surface area (Å²) in [4.78, 5) is 10.2. The van der Waals surface area contributed by atoms with Crippen molar-refractivity contribution in [3.05, 3.63) is 15.6 Å². The second kappa shape index (κ2) is 8.28. The predicted molar refractivity (Wildman–Crippen MR) is 98.6 cm³/mol. The summed E-state index contributed by atoms with van der Waals surface area (Å²) >= 11 is 1.70. The van der Waals surface area contributed by atoms with E-state index in [1.807, 2.05) is 13.8 Å². The van der Waals surface area contributed by atoms with Crippen molar-refractivity contribution in [1.82, 2.24) is 15.6 Å². The summed E-state index contributed by atoms with van der Waals surface area (Å²) in [6.45, 7) is 8.63. The van der Waals surface area contributed by atoms with Gasteiger partial charge in [-0.1, -0.05) is 0 Å². The molecule has 0 aliphatic heterocycles. The Morgan fingerprint density at radius 2 is 2.10 bits per heavy atom. The average Bonchev–Trinajstić information content (AvgIpc) is 3.13. The largest absolute Gasteiger partial charge is 0.396 e. The van der Waals surface area contributed by atoms with Crippen molar-refractivity contribution in [1.29, 1.82) is 0 Å². The smallest absolute Gasteiger partial charge is 0.191 e. The fourth-order valence-corrected chi connectivity index (χ4v) is 2.91. The summed E-state index contributed by atoms with van der Waals surface area (Å²) < 4.78 is 0. The lowest BCUT2D eigenvalue weighted by atomic mass is 10.1. The molecule has 3 N–H and O–H groups in total. The molecule has 0 saturated heterocycles. The SMILES string of the molecule is CCNC(=NCc1sc(C)nc1C)NCC1(CO)CC1.I. The first kappa shape index (κ1) is 18.6. The highest BCUT2D eigenvalue weighted by Crippen LogP contribution is 2.44. The van der Waals surface area contributed by atoms with E-state index >= 15 is 0 Å². The van der Waals surface area contributed by atoms with Gasteiger partial charge in [-0.15, -0.1) is 35.3 Å². The van der Waals surface area contributed by atoms with E-state index in [2.05, 4.69) is 27.5 Å². The summed E-state index contributed by atoms with van der Waals surface area (Å²) in [7, 11) is 0. The average molecular weight is 424 g/mol. The monoisotopic (exact) mass is 424 g/mol. The van der Waals surface area contributed by atoms with Gasteiger partial charge < -0.3 is 15.7 Å².